The molecule has 0 heterocycles. The first-order valence-electron chi connectivity index (χ1n) is 1.45. The molecule has 5 heteroatoms. The molecule has 0 bridgehead atoms. The summed E-state index contributed by atoms with van der Waals surface area (Å²) in [7, 11) is 0. The fourth-order valence-corrected chi connectivity index (χ4v) is 0. The molecule has 0 amide bonds. The normalized spacial score (nSPS) is 6.25. The molecule has 0 radical (unpaired) electrons. The van der Waals surface area contributed by atoms with Gasteiger partial charge >= 0.3 is 17.3 Å². The number of hydrogen-bond acceptors (Lipinski definition) is 3. The number of hydrogen-bond donors (Lipinski definition) is 2. The number of rotatable bonds is 1. The average molecular weight is 141 g/mol. The summed E-state index contributed by atoms with van der Waals surface area (Å²) in [5.41, 5.74) is 0. The smallest absolute Gasteiger partial charge is 0.327 e. The Labute approximate surface area is 50.1 Å². The molecule has 0 aliphatic rings. The Morgan fingerprint density at radius 2 is 2.00 bits per heavy atom. The van der Waals surface area contributed by atoms with Gasteiger partial charge in [0.1, 0.15) is 0 Å². The molecule has 0 saturated heterocycles. The average Bonchev–Trinajstić information content (AvgIpc) is 1.69. The first-order valence-corrected chi connectivity index (χ1v) is 2.09. The summed E-state index contributed by atoms with van der Waals surface area (Å²) in [5, 5.41) is 7.60. The van der Waals surface area contributed by atoms with E-state index in [1.54, 1.807) is 0 Å². The molecule has 0 saturated carbocycles. The molecule has 0 aromatic rings. The summed E-state index contributed by atoms with van der Waals surface area (Å²) < 4.78 is 15.2. The van der Waals surface area contributed by atoms with Crippen molar-refractivity contribution in [3.63, 3.8) is 0 Å². The van der Waals surface area contributed by atoms with Crippen LogP contribution in [0.25, 0.3) is 0 Å². The maximum absolute atomic E-state index is 9.25. The largest absolute Gasteiger partial charge is 0.506 e. The summed E-state index contributed by atoms with van der Waals surface area (Å²) in [6.45, 7) is 2.96. The highest BCUT2D eigenvalue weighted by molar-refractivity contribution is 5.78. The lowest BCUT2D eigenvalue weighted by atomic mass is 10.7. The number of carboxylic acids is 1. The second-order valence-electron chi connectivity index (χ2n) is 0.611. The Morgan fingerprint density at radius 1 is 1.88 bits per heavy atom. The molecule has 2 N–H and O–H groups in total. The molecule has 0 aliphatic heterocycles. The van der Waals surface area contributed by atoms with Crippen LogP contribution >= 0.6 is 0 Å². The number of aliphatic carboxylic acids is 1. The minimum atomic E-state index is -0.981. The van der Waals surface area contributed by atoms with Crippen LogP contribution in [0.5, 0.6) is 0 Å². The molecule has 0 aromatic carbocycles. The highest BCUT2D eigenvalue weighted by Crippen LogP contribution is 1.54. The lowest BCUT2D eigenvalue weighted by Gasteiger charge is -1.64. The van der Waals surface area contributed by atoms with E-state index >= 15 is 0 Å². The quantitative estimate of drug-likeness (QED) is 0.435. The zero-order chi connectivity index (χ0) is 6.99. The summed E-state index contributed by atoms with van der Waals surface area (Å²) in [6, 6.07) is 0. The molecule has 0 spiro atoms. The van der Waals surface area contributed by atoms with Gasteiger partial charge in [-0.05, 0) is 0 Å². The second kappa shape index (κ2) is 9.65. The van der Waals surface area contributed by atoms with Crippen molar-refractivity contribution in [2.45, 2.75) is 0 Å². The fraction of sp³-hybridized carbons (Fsp3) is 0. The Morgan fingerprint density at radius 3 is 2.00 bits per heavy atom. The zero-order valence-corrected chi connectivity index (χ0v) is 4.63. The minimum absolute atomic E-state index is 0.167. The summed E-state index contributed by atoms with van der Waals surface area (Å²) in [6.07, 6.45) is 0.833. The Balaban J connectivity index is 0. The van der Waals surface area contributed by atoms with Crippen LogP contribution in [0.1, 0.15) is 0 Å². The molecule has 0 fully saturated rings. The van der Waals surface area contributed by atoms with Crippen LogP contribution in [0.15, 0.2) is 12.7 Å². The van der Waals surface area contributed by atoms with Crippen molar-refractivity contribution in [2.24, 2.45) is 0 Å². The predicted molar refractivity (Wildman–Crippen MR) is 20.1 cm³/mol. The van der Waals surface area contributed by atoms with Crippen molar-refractivity contribution in [1.29, 1.82) is 0 Å². The van der Waals surface area contributed by atoms with Crippen LogP contribution in [0.3, 0.4) is 0 Å². The van der Waals surface area contributed by atoms with E-state index in [0.717, 1.165) is 6.08 Å². The van der Waals surface area contributed by atoms with Gasteiger partial charge in [0.15, 0.2) is 0 Å². The van der Waals surface area contributed by atoms with Crippen molar-refractivity contribution in [3.05, 3.63) is 12.7 Å². The van der Waals surface area contributed by atoms with Crippen molar-refractivity contribution < 1.29 is 30.5 Å². The molecule has 8 heavy (non-hydrogen) atoms. The molecule has 0 aromatic heterocycles. The monoisotopic (exact) mass is 140 g/mol. The van der Waals surface area contributed by atoms with Gasteiger partial charge in [0.05, 0.1) is 0 Å². The molecule has 0 rings (SSSR count). The molecule has 0 aliphatic carbocycles. The molecule has 0 atom stereocenters. The maximum atomic E-state index is 9.25. The molecule has 0 unspecified atom stereocenters. The number of carbonyl (C=O) groups is 1. The van der Waals surface area contributed by atoms with Gasteiger partial charge in [0.2, 0.25) is 0 Å². The number of halogens is 1. The number of carboxylic acid groups (broad SMARTS) is 1. The summed E-state index contributed by atoms with van der Waals surface area (Å²) in [5.74, 6) is -0.981. The van der Waals surface area contributed by atoms with Crippen molar-refractivity contribution >= 4 is 5.97 Å². The SMILES string of the molecule is C=CC(=O)O.[O-][Cl+]O. The second-order valence-corrected chi connectivity index (χ2v) is 0.749. The highest BCUT2D eigenvalue weighted by atomic mass is 35.6. The van der Waals surface area contributed by atoms with E-state index in [1.165, 1.54) is 0 Å². The van der Waals surface area contributed by atoms with Crippen LogP contribution in [0.4, 0.5) is 0 Å². The van der Waals surface area contributed by atoms with E-state index in [9.17, 15) is 4.79 Å². The third-order valence-electron chi connectivity index (χ3n) is 0.175. The summed E-state index contributed by atoms with van der Waals surface area (Å²) >= 11 is -0.167. The van der Waals surface area contributed by atoms with E-state index < -0.39 is 5.97 Å². The van der Waals surface area contributed by atoms with Crippen molar-refractivity contribution in [2.75, 3.05) is 0 Å². The first-order chi connectivity index (χ1) is 3.68. The molecule has 4 nitrogen and oxygen atoms in total. The van der Waals surface area contributed by atoms with E-state index in [4.69, 9.17) is 14.4 Å². The van der Waals surface area contributed by atoms with Crippen LogP contribution < -0.4 is 4.66 Å². The van der Waals surface area contributed by atoms with E-state index in [0.29, 0.717) is 0 Å². The van der Waals surface area contributed by atoms with E-state index in [-0.39, 0.29) is 11.3 Å². The molecule has 48 valence electrons. The first kappa shape index (κ1) is 10.4. The van der Waals surface area contributed by atoms with Gasteiger partial charge in [-0.15, -0.1) is 4.66 Å². The lowest BCUT2D eigenvalue weighted by Crippen LogP contribution is -1.94. The van der Waals surface area contributed by atoms with Gasteiger partial charge in [-0.25, -0.2) is 4.79 Å². The third-order valence-corrected chi connectivity index (χ3v) is 0.175. The minimum Gasteiger partial charge on any atom is -0.506 e. The highest BCUT2D eigenvalue weighted by Gasteiger charge is 1.73. The molecular weight excluding hydrogens is 135 g/mol. The standard InChI is InChI=1S/C3H4O2.ClHO2/c1-2-3(4)5;2-1-3/h2H,1H2,(H,4,5);2H. The van der Waals surface area contributed by atoms with Gasteiger partial charge < -0.3 is 9.77 Å². The maximum Gasteiger partial charge on any atom is 0.327 e. The van der Waals surface area contributed by atoms with Crippen molar-refractivity contribution in [3.8, 4) is 0 Å². The van der Waals surface area contributed by atoms with Gasteiger partial charge in [-0.1, -0.05) is 6.58 Å². The fourth-order valence-electron chi connectivity index (χ4n) is 0. The van der Waals surface area contributed by atoms with E-state index in [1.807, 2.05) is 0 Å². The third kappa shape index (κ3) is 52.5. The zero-order valence-electron chi connectivity index (χ0n) is 3.87. The van der Waals surface area contributed by atoms with Crippen molar-refractivity contribution in [1.82, 2.24) is 0 Å². The lowest BCUT2D eigenvalue weighted by molar-refractivity contribution is -1.27. The Kier molecular flexibility index (Phi) is 12.6. The van der Waals surface area contributed by atoms with Crippen LogP contribution in [0, 0.1) is 11.3 Å². The predicted octanol–water partition coefficient (Wildman–Crippen LogP) is -1.49. The van der Waals surface area contributed by atoms with Gasteiger partial charge in [0.25, 0.3) is 0 Å². The van der Waals surface area contributed by atoms with Crippen LogP contribution in [0.2, 0.25) is 0 Å². The summed E-state index contributed by atoms with van der Waals surface area (Å²) in [4.78, 5) is 9.25. The Bertz CT molecular complexity index is 71.7. The van der Waals surface area contributed by atoms with Crippen LogP contribution in [-0.4, -0.2) is 15.7 Å². The topological polar surface area (TPSA) is 80.6 Å². The Hall–Kier alpha value is -0.580. The van der Waals surface area contributed by atoms with Gasteiger partial charge in [0, 0.05) is 6.08 Å². The van der Waals surface area contributed by atoms with E-state index in [2.05, 4.69) is 6.58 Å². The molecular formula is C3H5ClO4. The van der Waals surface area contributed by atoms with Gasteiger partial charge in [-0.2, -0.15) is 0 Å². The van der Waals surface area contributed by atoms with Crippen LogP contribution in [-0.2, 0) is 4.79 Å². The van der Waals surface area contributed by atoms with Gasteiger partial charge in [-0.3, -0.25) is 0 Å².